The van der Waals surface area contributed by atoms with Crippen molar-refractivity contribution < 1.29 is 5.11 Å². The van der Waals surface area contributed by atoms with E-state index in [0.717, 1.165) is 12.1 Å². The van der Waals surface area contributed by atoms with Crippen molar-refractivity contribution in [2.75, 3.05) is 13.6 Å². The molecule has 0 aromatic heterocycles. The van der Waals surface area contributed by atoms with Crippen molar-refractivity contribution in [3.63, 3.8) is 0 Å². The monoisotopic (exact) mass is 153 g/mol. The topological polar surface area (TPSA) is 23.5 Å². The summed E-state index contributed by atoms with van der Waals surface area (Å²) in [6.45, 7) is 4.52. The zero-order valence-corrected chi connectivity index (χ0v) is 7.33. The molecule has 1 aliphatic heterocycles. The van der Waals surface area contributed by atoms with Gasteiger partial charge in [-0.3, -0.25) is 0 Å². The molecule has 0 amide bonds. The van der Waals surface area contributed by atoms with Crippen LogP contribution in [0.2, 0.25) is 0 Å². The van der Waals surface area contributed by atoms with E-state index in [1.807, 2.05) is 30.3 Å². The van der Waals surface area contributed by atoms with Crippen LogP contribution in [0, 0.1) is 0 Å². The second kappa shape index (κ2) is 2.70. The second-order valence-corrected chi connectivity index (χ2v) is 3.49. The molecule has 0 aromatic rings. The normalized spacial score (nSPS) is 18.5. The molecule has 0 fully saturated rings. The van der Waals surface area contributed by atoms with Crippen LogP contribution in [-0.4, -0.2) is 29.2 Å². The zero-order chi connectivity index (χ0) is 8.48. The van der Waals surface area contributed by atoms with E-state index in [1.165, 1.54) is 0 Å². The average Bonchev–Trinajstić information content (AvgIpc) is 1.86. The van der Waals surface area contributed by atoms with Gasteiger partial charge in [-0.05, 0) is 19.4 Å². The molecule has 0 saturated carbocycles. The SMILES string of the molecule is CN1C=C(C(C)(C)O)C=CC1. The van der Waals surface area contributed by atoms with Gasteiger partial charge < -0.3 is 10.0 Å². The Bertz CT molecular complexity index is 198. The maximum absolute atomic E-state index is 9.61. The van der Waals surface area contributed by atoms with Crippen LogP contribution in [0.5, 0.6) is 0 Å². The van der Waals surface area contributed by atoms with Crippen molar-refractivity contribution in [1.29, 1.82) is 0 Å². The number of rotatable bonds is 1. The highest BCUT2D eigenvalue weighted by atomic mass is 16.3. The van der Waals surface area contributed by atoms with Crippen molar-refractivity contribution in [3.05, 3.63) is 23.9 Å². The second-order valence-electron chi connectivity index (χ2n) is 3.49. The molecule has 1 heterocycles. The molecule has 0 aliphatic carbocycles. The molecule has 0 spiro atoms. The fraction of sp³-hybridized carbons (Fsp3) is 0.556. The summed E-state index contributed by atoms with van der Waals surface area (Å²) in [4.78, 5) is 2.05. The first-order valence-corrected chi connectivity index (χ1v) is 3.81. The van der Waals surface area contributed by atoms with Crippen LogP contribution < -0.4 is 0 Å². The first kappa shape index (κ1) is 8.34. The fourth-order valence-corrected chi connectivity index (χ4v) is 1.04. The number of hydrogen-bond donors (Lipinski definition) is 1. The Morgan fingerprint density at radius 2 is 2.18 bits per heavy atom. The van der Waals surface area contributed by atoms with Gasteiger partial charge >= 0.3 is 0 Å². The van der Waals surface area contributed by atoms with Crippen molar-refractivity contribution in [2.45, 2.75) is 19.4 Å². The van der Waals surface area contributed by atoms with Gasteiger partial charge in [0.25, 0.3) is 0 Å². The average molecular weight is 153 g/mol. The molecule has 0 saturated heterocycles. The van der Waals surface area contributed by atoms with E-state index in [-0.39, 0.29) is 0 Å². The Morgan fingerprint density at radius 1 is 1.55 bits per heavy atom. The number of likely N-dealkylation sites (N-methyl/N-ethyl adjacent to an activating group) is 1. The summed E-state index contributed by atoms with van der Waals surface area (Å²) in [5, 5.41) is 9.61. The van der Waals surface area contributed by atoms with Crippen LogP contribution in [-0.2, 0) is 0 Å². The lowest BCUT2D eigenvalue weighted by molar-refractivity contribution is 0.121. The fourth-order valence-electron chi connectivity index (χ4n) is 1.04. The Morgan fingerprint density at radius 3 is 2.55 bits per heavy atom. The number of nitrogens with zero attached hydrogens (tertiary/aromatic N) is 1. The molecule has 0 unspecified atom stereocenters. The lowest BCUT2D eigenvalue weighted by Crippen LogP contribution is -2.26. The quantitative estimate of drug-likeness (QED) is 0.610. The van der Waals surface area contributed by atoms with E-state index in [0.29, 0.717) is 0 Å². The van der Waals surface area contributed by atoms with Gasteiger partial charge in [0.15, 0.2) is 0 Å². The molecule has 11 heavy (non-hydrogen) atoms. The summed E-state index contributed by atoms with van der Waals surface area (Å²) in [5.41, 5.74) is 0.247. The maximum atomic E-state index is 9.61. The summed E-state index contributed by atoms with van der Waals surface area (Å²) < 4.78 is 0. The minimum Gasteiger partial charge on any atom is -0.386 e. The van der Waals surface area contributed by atoms with Gasteiger partial charge in [-0.2, -0.15) is 0 Å². The first-order chi connectivity index (χ1) is 5.00. The summed E-state index contributed by atoms with van der Waals surface area (Å²) in [5.74, 6) is 0. The van der Waals surface area contributed by atoms with Gasteiger partial charge in [0.1, 0.15) is 0 Å². The lowest BCUT2D eigenvalue weighted by Gasteiger charge is -2.25. The highest BCUT2D eigenvalue weighted by Crippen LogP contribution is 2.19. The smallest absolute Gasteiger partial charge is 0.0854 e. The van der Waals surface area contributed by atoms with E-state index in [4.69, 9.17) is 0 Å². The molecule has 0 aromatic carbocycles. The Labute approximate surface area is 67.8 Å². The minimum absolute atomic E-state index is 0.717. The number of hydrogen-bond acceptors (Lipinski definition) is 2. The van der Waals surface area contributed by atoms with Crippen molar-refractivity contribution in [3.8, 4) is 0 Å². The van der Waals surface area contributed by atoms with Crippen LogP contribution in [0.15, 0.2) is 23.9 Å². The van der Waals surface area contributed by atoms with Gasteiger partial charge in [-0.15, -0.1) is 0 Å². The van der Waals surface area contributed by atoms with Gasteiger partial charge in [0.05, 0.1) is 5.60 Å². The van der Waals surface area contributed by atoms with E-state index < -0.39 is 5.60 Å². The summed E-state index contributed by atoms with van der Waals surface area (Å²) in [7, 11) is 2.00. The maximum Gasteiger partial charge on any atom is 0.0854 e. The van der Waals surface area contributed by atoms with Gasteiger partial charge in [0.2, 0.25) is 0 Å². The Kier molecular flexibility index (Phi) is 2.05. The first-order valence-electron chi connectivity index (χ1n) is 3.81. The molecule has 1 N–H and O–H groups in total. The van der Waals surface area contributed by atoms with E-state index in [2.05, 4.69) is 0 Å². The zero-order valence-electron chi connectivity index (χ0n) is 7.33. The summed E-state index contributed by atoms with van der Waals surface area (Å²) in [6, 6.07) is 0. The molecule has 0 bridgehead atoms. The third kappa shape index (κ3) is 2.09. The van der Waals surface area contributed by atoms with Crippen LogP contribution in [0.25, 0.3) is 0 Å². The van der Waals surface area contributed by atoms with E-state index >= 15 is 0 Å². The summed E-state index contributed by atoms with van der Waals surface area (Å²) in [6.07, 6.45) is 5.99. The van der Waals surface area contributed by atoms with Gasteiger partial charge in [0, 0.05) is 19.8 Å². The molecule has 1 rings (SSSR count). The van der Waals surface area contributed by atoms with E-state index in [9.17, 15) is 5.11 Å². The van der Waals surface area contributed by atoms with Crippen molar-refractivity contribution >= 4 is 0 Å². The molecule has 0 atom stereocenters. The van der Waals surface area contributed by atoms with Crippen LogP contribution in [0.1, 0.15) is 13.8 Å². The third-order valence-corrected chi connectivity index (χ3v) is 1.76. The molecule has 2 heteroatoms. The lowest BCUT2D eigenvalue weighted by atomic mass is 9.97. The summed E-state index contributed by atoms with van der Waals surface area (Å²) >= 11 is 0. The molecule has 2 nitrogen and oxygen atoms in total. The Balaban J connectivity index is 2.80. The van der Waals surface area contributed by atoms with Gasteiger partial charge in [-0.25, -0.2) is 0 Å². The largest absolute Gasteiger partial charge is 0.386 e. The standard InChI is InChI=1S/C9H15NO/c1-9(2,11)8-5-4-6-10(3)7-8/h4-5,7,11H,6H2,1-3H3. The van der Waals surface area contributed by atoms with E-state index in [1.54, 1.807) is 13.8 Å². The molecule has 1 aliphatic rings. The van der Waals surface area contributed by atoms with Crippen LogP contribution >= 0.6 is 0 Å². The molecular weight excluding hydrogens is 138 g/mol. The third-order valence-electron chi connectivity index (χ3n) is 1.76. The van der Waals surface area contributed by atoms with Gasteiger partial charge in [-0.1, -0.05) is 12.2 Å². The predicted molar refractivity (Wildman–Crippen MR) is 46.2 cm³/mol. The van der Waals surface area contributed by atoms with Crippen LogP contribution in [0.3, 0.4) is 0 Å². The number of aliphatic hydroxyl groups is 1. The Hall–Kier alpha value is -0.760. The highest BCUT2D eigenvalue weighted by molar-refractivity contribution is 5.29. The molecule has 0 radical (unpaired) electrons. The molecular formula is C9H15NO. The minimum atomic E-state index is -0.717. The van der Waals surface area contributed by atoms with Crippen LogP contribution in [0.4, 0.5) is 0 Å². The van der Waals surface area contributed by atoms with Crippen molar-refractivity contribution in [1.82, 2.24) is 4.90 Å². The highest BCUT2D eigenvalue weighted by Gasteiger charge is 2.18. The predicted octanol–water partition coefficient (Wildman–Crippen LogP) is 1.14. The van der Waals surface area contributed by atoms with Crippen molar-refractivity contribution in [2.24, 2.45) is 0 Å². The molecule has 62 valence electrons.